The number of carbonyl (C=O) groups excluding carboxylic acids is 2. The minimum atomic E-state index is -3.10. The van der Waals surface area contributed by atoms with Crippen LogP contribution >= 0.6 is 0 Å². The number of alkyl halides is 2. The topological polar surface area (TPSA) is 99.0 Å². The summed E-state index contributed by atoms with van der Waals surface area (Å²) >= 11 is 0. The lowest BCUT2D eigenvalue weighted by atomic mass is 10.0. The van der Waals surface area contributed by atoms with Crippen LogP contribution in [0.25, 0.3) is 11.1 Å². The van der Waals surface area contributed by atoms with Crippen molar-refractivity contribution in [3.05, 3.63) is 48.0 Å². The van der Waals surface area contributed by atoms with Crippen molar-refractivity contribution in [2.45, 2.75) is 25.3 Å². The van der Waals surface area contributed by atoms with Crippen molar-refractivity contribution in [3.8, 4) is 17.2 Å². The first-order valence-corrected chi connectivity index (χ1v) is 8.53. The summed E-state index contributed by atoms with van der Waals surface area (Å²) in [5, 5.41) is 11.4. The van der Waals surface area contributed by atoms with Crippen LogP contribution in [0.15, 0.2) is 36.8 Å². The molecule has 28 heavy (non-hydrogen) atoms. The van der Waals surface area contributed by atoms with Gasteiger partial charge in [-0.2, -0.15) is 5.26 Å². The van der Waals surface area contributed by atoms with Gasteiger partial charge in [-0.3, -0.25) is 19.6 Å². The van der Waals surface area contributed by atoms with Crippen LogP contribution in [-0.2, 0) is 4.79 Å². The minimum absolute atomic E-state index is 0.289. The molecule has 1 aliphatic rings. The maximum absolute atomic E-state index is 13.5. The van der Waals surface area contributed by atoms with E-state index in [4.69, 9.17) is 5.26 Å². The van der Waals surface area contributed by atoms with Gasteiger partial charge in [0.05, 0.1) is 24.7 Å². The van der Waals surface area contributed by atoms with Crippen molar-refractivity contribution in [2.75, 3.05) is 13.1 Å². The predicted molar refractivity (Wildman–Crippen MR) is 95.2 cm³/mol. The third-order valence-corrected chi connectivity index (χ3v) is 4.41. The maximum Gasteiger partial charge on any atom is 0.268 e. The molecule has 0 bridgehead atoms. The second kappa shape index (κ2) is 7.68. The molecule has 1 saturated heterocycles. The standard InChI is InChI=1S/C19H17F2N5O2/c1-12-6-13(2-5-24-12)16-9-23-4-3-15(16)18(28)25-10-17(27)26-11-19(20,21)7-14(26)8-22/h2-6,9,14H,7,10-11H2,1H3,(H,25,28)/t14-/m0/s1. The van der Waals surface area contributed by atoms with Gasteiger partial charge in [-0.25, -0.2) is 8.78 Å². The number of rotatable bonds is 4. The summed E-state index contributed by atoms with van der Waals surface area (Å²) in [6.45, 7) is 0.511. The third-order valence-electron chi connectivity index (χ3n) is 4.41. The molecule has 144 valence electrons. The van der Waals surface area contributed by atoms with Crippen LogP contribution in [0.5, 0.6) is 0 Å². The Morgan fingerprint density at radius 2 is 2.18 bits per heavy atom. The Hall–Kier alpha value is -3.41. The Morgan fingerprint density at radius 1 is 1.39 bits per heavy atom. The van der Waals surface area contributed by atoms with Crippen LogP contribution < -0.4 is 5.32 Å². The monoisotopic (exact) mass is 385 g/mol. The van der Waals surface area contributed by atoms with Gasteiger partial charge < -0.3 is 10.2 Å². The van der Waals surface area contributed by atoms with Crippen molar-refractivity contribution in [3.63, 3.8) is 0 Å². The number of nitriles is 1. The number of carbonyl (C=O) groups is 2. The normalized spacial score (nSPS) is 17.8. The molecular formula is C19H17F2N5O2. The number of aromatic nitrogens is 2. The Bertz CT molecular complexity index is 957. The molecule has 3 rings (SSSR count). The van der Waals surface area contributed by atoms with E-state index in [0.717, 1.165) is 16.2 Å². The van der Waals surface area contributed by atoms with Crippen LogP contribution in [0.4, 0.5) is 8.78 Å². The van der Waals surface area contributed by atoms with Crippen LogP contribution in [0.3, 0.4) is 0 Å². The van der Waals surface area contributed by atoms with Crippen molar-refractivity contribution in [1.82, 2.24) is 20.2 Å². The molecule has 1 atom stereocenters. The highest BCUT2D eigenvalue weighted by Gasteiger charge is 2.47. The third kappa shape index (κ3) is 4.11. The largest absolute Gasteiger partial charge is 0.343 e. The van der Waals surface area contributed by atoms with Crippen LogP contribution in [-0.4, -0.2) is 51.7 Å². The van der Waals surface area contributed by atoms with E-state index in [9.17, 15) is 18.4 Å². The van der Waals surface area contributed by atoms with Crippen LogP contribution in [0.1, 0.15) is 22.5 Å². The number of halogens is 2. The van der Waals surface area contributed by atoms with E-state index < -0.39 is 43.3 Å². The Morgan fingerprint density at radius 3 is 2.89 bits per heavy atom. The van der Waals surface area contributed by atoms with Crippen LogP contribution in [0, 0.1) is 18.3 Å². The van der Waals surface area contributed by atoms with Gasteiger partial charge in [0.2, 0.25) is 5.91 Å². The Labute approximate surface area is 160 Å². The molecule has 0 saturated carbocycles. The first-order valence-electron chi connectivity index (χ1n) is 8.53. The van der Waals surface area contributed by atoms with Gasteiger partial charge >= 0.3 is 0 Å². The molecule has 2 aromatic heterocycles. The SMILES string of the molecule is Cc1cc(-c2cnccc2C(=O)NCC(=O)N2CC(F)(F)C[C@H]2C#N)ccn1. The number of amides is 2. The van der Waals surface area contributed by atoms with Crippen molar-refractivity contribution in [1.29, 1.82) is 5.26 Å². The van der Waals surface area contributed by atoms with Gasteiger partial charge in [0.15, 0.2) is 0 Å². The molecular weight excluding hydrogens is 368 g/mol. The van der Waals surface area contributed by atoms with Gasteiger partial charge in [0.25, 0.3) is 11.8 Å². The molecule has 0 spiro atoms. The summed E-state index contributed by atoms with van der Waals surface area (Å²) in [5.41, 5.74) is 2.35. The van der Waals surface area contributed by atoms with Gasteiger partial charge in [-0.1, -0.05) is 0 Å². The van der Waals surface area contributed by atoms with Gasteiger partial charge in [-0.15, -0.1) is 0 Å². The molecule has 2 amide bonds. The summed E-state index contributed by atoms with van der Waals surface area (Å²) in [6.07, 6.45) is 3.89. The van der Waals surface area contributed by atoms with Crippen LogP contribution in [0.2, 0.25) is 0 Å². The fourth-order valence-electron chi connectivity index (χ4n) is 3.08. The van der Waals surface area contributed by atoms with E-state index in [1.165, 1.54) is 18.5 Å². The zero-order valence-electron chi connectivity index (χ0n) is 15.0. The first-order chi connectivity index (χ1) is 13.3. The van der Waals surface area contributed by atoms with E-state index in [1.807, 2.05) is 6.92 Å². The highest BCUT2D eigenvalue weighted by Crippen LogP contribution is 2.31. The maximum atomic E-state index is 13.5. The van der Waals surface area contributed by atoms with Gasteiger partial charge in [0, 0.05) is 36.3 Å². The van der Waals surface area contributed by atoms with Gasteiger partial charge in [-0.05, 0) is 30.7 Å². The lowest BCUT2D eigenvalue weighted by molar-refractivity contribution is -0.131. The molecule has 1 aliphatic heterocycles. The first kappa shape index (κ1) is 19.4. The summed E-state index contributed by atoms with van der Waals surface area (Å²) in [5.74, 6) is -4.37. The lowest BCUT2D eigenvalue weighted by Gasteiger charge is -2.19. The summed E-state index contributed by atoms with van der Waals surface area (Å²) < 4.78 is 27.0. The number of likely N-dealkylation sites (tertiary alicyclic amines) is 1. The van der Waals surface area contributed by atoms with Crippen molar-refractivity contribution in [2.24, 2.45) is 0 Å². The fraction of sp³-hybridized carbons (Fsp3) is 0.316. The second-order valence-electron chi connectivity index (χ2n) is 6.52. The molecule has 3 heterocycles. The predicted octanol–water partition coefficient (Wildman–Crippen LogP) is 1.94. The quantitative estimate of drug-likeness (QED) is 0.867. The average Bonchev–Trinajstić information content (AvgIpc) is 3.00. The molecule has 0 aliphatic carbocycles. The number of hydrogen-bond donors (Lipinski definition) is 1. The summed E-state index contributed by atoms with van der Waals surface area (Å²) in [7, 11) is 0. The zero-order chi connectivity index (χ0) is 20.3. The molecule has 0 radical (unpaired) electrons. The molecule has 0 unspecified atom stereocenters. The fourth-order valence-corrected chi connectivity index (χ4v) is 3.08. The second-order valence-corrected chi connectivity index (χ2v) is 6.52. The summed E-state index contributed by atoms with van der Waals surface area (Å²) in [6, 6.07) is 5.54. The summed E-state index contributed by atoms with van der Waals surface area (Å²) in [4.78, 5) is 33.8. The molecule has 7 nitrogen and oxygen atoms in total. The molecule has 9 heteroatoms. The zero-order valence-corrected chi connectivity index (χ0v) is 15.0. The smallest absolute Gasteiger partial charge is 0.268 e. The van der Waals surface area contributed by atoms with E-state index in [1.54, 1.807) is 24.4 Å². The number of aryl methyl sites for hydroxylation is 1. The number of hydrogen-bond acceptors (Lipinski definition) is 5. The minimum Gasteiger partial charge on any atom is -0.343 e. The Balaban J connectivity index is 1.73. The van der Waals surface area contributed by atoms with Gasteiger partial charge in [0.1, 0.15) is 6.04 Å². The number of pyridine rings is 2. The molecule has 2 aromatic rings. The van der Waals surface area contributed by atoms with E-state index in [-0.39, 0.29) is 5.56 Å². The number of nitrogens with one attached hydrogen (secondary N) is 1. The lowest BCUT2D eigenvalue weighted by Crippen LogP contribution is -2.43. The average molecular weight is 385 g/mol. The highest BCUT2D eigenvalue weighted by atomic mass is 19.3. The van der Waals surface area contributed by atoms with E-state index in [0.29, 0.717) is 5.56 Å². The number of nitrogens with zero attached hydrogens (tertiary/aromatic N) is 4. The molecule has 0 aromatic carbocycles. The molecule has 1 N–H and O–H groups in total. The van der Waals surface area contributed by atoms with E-state index in [2.05, 4.69) is 15.3 Å². The van der Waals surface area contributed by atoms with Crippen molar-refractivity contribution >= 4 is 11.8 Å². The van der Waals surface area contributed by atoms with Crippen molar-refractivity contribution < 1.29 is 18.4 Å². The van der Waals surface area contributed by atoms with E-state index >= 15 is 0 Å². The Kier molecular flexibility index (Phi) is 5.31. The highest BCUT2D eigenvalue weighted by molar-refractivity contribution is 6.02. The molecule has 1 fully saturated rings.